The van der Waals surface area contributed by atoms with Gasteiger partial charge in [0, 0.05) is 11.0 Å². The summed E-state index contributed by atoms with van der Waals surface area (Å²) in [5.74, 6) is 0.797. The van der Waals surface area contributed by atoms with E-state index in [0.717, 1.165) is 11.3 Å². The van der Waals surface area contributed by atoms with Gasteiger partial charge >= 0.3 is 0 Å². The third kappa shape index (κ3) is 1.26. The third-order valence-electron chi connectivity index (χ3n) is 2.74. The van der Waals surface area contributed by atoms with Gasteiger partial charge in [-0.1, -0.05) is 32.0 Å². The standard InChI is InChI=1S/C12H13NO/c1-12(2)8-14-11-6-4-3-5-9(11)10(12)7-13/h3-6,10H,8H2,1-2H3. The van der Waals surface area contributed by atoms with Crippen LogP contribution in [0.15, 0.2) is 24.3 Å². The van der Waals surface area contributed by atoms with E-state index in [0.29, 0.717) is 6.61 Å². The smallest absolute Gasteiger partial charge is 0.123 e. The maximum Gasteiger partial charge on any atom is 0.123 e. The Labute approximate surface area is 84.1 Å². The first-order valence-corrected chi connectivity index (χ1v) is 4.76. The molecule has 1 aromatic rings. The first kappa shape index (κ1) is 9.08. The van der Waals surface area contributed by atoms with Crippen LogP contribution in [-0.2, 0) is 0 Å². The van der Waals surface area contributed by atoms with Gasteiger partial charge in [-0.3, -0.25) is 0 Å². The lowest BCUT2D eigenvalue weighted by Gasteiger charge is -2.35. The van der Waals surface area contributed by atoms with Crippen LogP contribution < -0.4 is 4.74 Å². The van der Waals surface area contributed by atoms with E-state index in [9.17, 15) is 0 Å². The molecule has 0 aromatic heterocycles. The molecule has 1 atom stereocenters. The monoisotopic (exact) mass is 187 g/mol. The van der Waals surface area contributed by atoms with Crippen LogP contribution in [0.5, 0.6) is 5.75 Å². The maximum absolute atomic E-state index is 9.17. The molecule has 0 saturated carbocycles. The molecule has 1 unspecified atom stereocenters. The highest BCUT2D eigenvalue weighted by Crippen LogP contribution is 2.43. The molecule has 2 nitrogen and oxygen atoms in total. The van der Waals surface area contributed by atoms with Gasteiger partial charge in [-0.25, -0.2) is 0 Å². The minimum absolute atomic E-state index is 0.0625. The Kier molecular flexibility index (Phi) is 1.96. The summed E-state index contributed by atoms with van der Waals surface area (Å²) in [7, 11) is 0. The molecule has 0 saturated heterocycles. The predicted octanol–water partition coefficient (Wildman–Crippen LogP) is 2.71. The Bertz CT molecular complexity index is 390. The summed E-state index contributed by atoms with van der Waals surface area (Å²) >= 11 is 0. The molecular formula is C12H13NO. The van der Waals surface area contributed by atoms with Gasteiger partial charge in [-0.05, 0) is 6.07 Å². The summed E-state index contributed by atoms with van der Waals surface area (Å²) in [6, 6.07) is 10.2. The lowest BCUT2D eigenvalue weighted by atomic mass is 9.74. The highest BCUT2D eigenvalue weighted by atomic mass is 16.5. The summed E-state index contributed by atoms with van der Waals surface area (Å²) < 4.78 is 5.62. The normalized spacial score (nSPS) is 23.1. The SMILES string of the molecule is CC1(C)COc2ccccc2C1C#N. The van der Waals surface area contributed by atoms with E-state index in [1.807, 2.05) is 24.3 Å². The maximum atomic E-state index is 9.17. The molecule has 1 aliphatic rings. The van der Waals surface area contributed by atoms with Crippen molar-refractivity contribution in [2.45, 2.75) is 19.8 Å². The van der Waals surface area contributed by atoms with Crippen LogP contribution in [0.1, 0.15) is 25.3 Å². The van der Waals surface area contributed by atoms with Crippen LogP contribution in [0.25, 0.3) is 0 Å². The average molecular weight is 187 g/mol. The van der Waals surface area contributed by atoms with Gasteiger partial charge in [-0.15, -0.1) is 0 Å². The van der Waals surface area contributed by atoms with E-state index in [1.54, 1.807) is 0 Å². The molecule has 0 N–H and O–H groups in total. The second-order valence-electron chi connectivity index (χ2n) is 4.38. The Morgan fingerprint density at radius 3 is 2.86 bits per heavy atom. The van der Waals surface area contributed by atoms with E-state index < -0.39 is 0 Å². The summed E-state index contributed by atoms with van der Waals surface area (Å²) in [6.45, 7) is 4.75. The van der Waals surface area contributed by atoms with Crippen LogP contribution in [0.4, 0.5) is 0 Å². The van der Waals surface area contributed by atoms with Crippen molar-refractivity contribution < 1.29 is 4.74 Å². The fraction of sp³-hybridized carbons (Fsp3) is 0.417. The van der Waals surface area contributed by atoms with Crippen molar-refractivity contribution >= 4 is 0 Å². The van der Waals surface area contributed by atoms with Gasteiger partial charge in [-0.2, -0.15) is 5.26 Å². The van der Waals surface area contributed by atoms with Crippen molar-refractivity contribution in [3.63, 3.8) is 0 Å². The molecule has 0 radical (unpaired) electrons. The van der Waals surface area contributed by atoms with Crippen molar-refractivity contribution in [1.29, 1.82) is 5.26 Å². The second kappa shape index (κ2) is 3.02. The zero-order chi connectivity index (χ0) is 10.2. The number of nitriles is 1. The van der Waals surface area contributed by atoms with Crippen LogP contribution in [0.3, 0.4) is 0 Å². The fourth-order valence-electron chi connectivity index (χ4n) is 1.86. The van der Waals surface area contributed by atoms with Gasteiger partial charge in [0.05, 0.1) is 18.6 Å². The first-order chi connectivity index (χ1) is 6.65. The molecule has 0 amide bonds. The minimum atomic E-state index is -0.0941. The molecule has 1 heterocycles. The Balaban J connectivity index is 2.52. The minimum Gasteiger partial charge on any atom is -0.493 e. The van der Waals surface area contributed by atoms with E-state index in [2.05, 4.69) is 19.9 Å². The van der Waals surface area contributed by atoms with Crippen LogP contribution in [0.2, 0.25) is 0 Å². The van der Waals surface area contributed by atoms with Crippen molar-refractivity contribution in [3.8, 4) is 11.8 Å². The highest BCUT2D eigenvalue weighted by Gasteiger charge is 2.37. The van der Waals surface area contributed by atoms with E-state index >= 15 is 0 Å². The molecule has 0 bridgehead atoms. The van der Waals surface area contributed by atoms with Gasteiger partial charge in [0.1, 0.15) is 5.75 Å². The number of rotatable bonds is 0. The number of hydrogen-bond donors (Lipinski definition) is 0. The summed E-state index contributed by atoms with van der Waals surface area (Å²) in [4.78, 5) is 0. The van der Waals surface area contributed by atoms with Crippen LogP contribution >= 0.6 is 0 Å². The zero-order valence-corrected chi connectivity index (χ0v) is 8.45. The first-order valence-electron chi connectivity index (χ1n) is 4.76. The molecule has 0 fully saturated rings. The van der Waals surface area contributed by atoms with Gasteiger partial charge in [0.25, 0.3) is 0 Å². The van der Waals surface area contributed by atoms with E-state index in [1.165, 1.54) is 0 Å². The third-order valence-corrected chi connectivity index (χ3v) is 2.74. The molecule has 0 spiro atoms. The summed E-state index contributed by atoms with van der Waals surface area (Å²) in [6.07, 6.45) is 0. The largest absolute Gasteiger partial charge is 0.493 e. The van der Waals surface area contributed by atoms with E-state index in [4.69, 9.17) is 10.00 Å². The number of hydrogen-bond acceptors (Lipinski definition) is 2. The van der Waals surface area contributed by atoms with Gasteiger partial charge in [0.2, 0.25) is 0 Å². The molecule has 14 heavy (non-hydrogen) atoms. The number of ether oxygens (including phenoxy) is 1. The molecular weight excluding hydrogens is 174 g/mol. The molecule has 1 aromatic carbocycles. The Hall–Kier alpha value is -1.49. The van der Waals surface area contributed by atoms with E-state index in [-0.39, 0.29) is 11.3 Å². The lowest BCUT2D eigenvalue weighted by molar-refractivity contribution is 0.140. The van der Waals surface area contributed by atoms with Crippen LogP contribution in [-0.4, -0.2) is 6.61 Å². The quantitative estimate of drug-likeness (QED) is 0.625. The van der Waals surface area contributed by atoms with Crippen LogP contribution in [0, 0.1) is 16.7 Å². The number of para-hydroxylation sites is 1. The van der Waals surface area contributed by atoms with Crippen molar-refractivity contribution in [3.05, 3.63) is 29.8 Å². The van der Waals surface area contributed by atoms with Gasteiger partial charge < -0.3 is 4.74 Å². The molecule has 72 valence electrons. The molecule has 2 heteroatoms. The fourth-order valence-corrected chi connectivity index (χ4v) is 1.86. The second-order valence-corrected chi connectivity index (χ2v) is 4.38. The number of fused-ring (bicyclic) bond motifs is 1. The Morgan fingerprint density at radius 2 is 2.14 bits per heavy atom. The molecule has 1 aliphatic heterocycles. The number of benzene rings is 1. The van der Waals surface area contributed by atoms with Crippen molar-refractivity contribution in [2.24, 2.45) is 5.41 Å². The topological polar surface area (TPSA) is 33.0 Å². The van der Waals surface area contributed by atoms with Crippen molar-refractivity contribution in [2.75, 3.05) is 6.61 Å². The molecule has 2 rings (SSSR count). The predicted molar refractivity (Wildman–Crippen MR) is 54.1 cm³/mol. The number of nitrogens with zero attached hydrogens (tertiary/aromatic N) is 1. The highest BCUT2D eigenvalue weighted by molar-refractivity contribution is 5.42. The Morgan fingerprint density at radius 1 is 1.43 bits per heavy atom. The average Bonchev–Trinajstić information content (AvgIpc) is 2.17. The van der Waals surface area contributed by atoms with Gasteiger partial charge in [0.15, 0.2) is 0 Å². The zero-order valence-electron chi connectivity index (χ0n) is 8.45. The summed E-state index contributed by atoms with van der Waals surface area (Å²) in [5, 5.41) is 9.17. The molecule has 0 aliphatic carbocycles. The van der Waals surface area contributed by atoms with Crippen molar-refractivity contribution in [1.82, 2.24) is 0 Å². The summed E-state index contributed by atoms with van der Waals surface area (Å²) in [5.41, 5.74) is 0.926. The lowest BCUT2D eigenvalue weighted by Crippen LogP contribution is -2.32.